The summed E-state index contributed by atoms with van der Waals surface area (Å²) >= 11 is 0. The van der Waals surface area contributed by atoms with Gasteiger partial charge in [-0.1, -0.05) is 35.5 Å². The third-order valence-corrected chi connectivity index (χ3v) is 5.16. The Balaban J connectivity index is 1.31. The Morgan fingerprint density at radius 2 is 2.00 bits per heavy atom. The van der Waals surface area contributed by atoms with Crippen LogP contribution in [0.3, 0.4) is 0 Å². The number of carbonyl (C=O) groups excluding carboxylic acids is 1. The van der Waals surface area contributed by atoms with Crippen molar-refractivity contribution in [2.24, 2.45) is 0 Å². The summed E-state index contributed by atoms with van der Waals surface area (Å²) in [7, 11) is 0. The van der Waals surface area contributed by atoms with Gasteiger partial charge in [0.1, 0.15) is 5.76 Å². The Labute approximate surface area is 158 Å². The van der Waals surface area contributed by atoms with Crippen LogP contribution in [0.15, 0.2) is 47.0 Å². The molecule has 1 saturated heterocycles. The average Bonchev–Trinajstić information content (AvgIpc) is 3.32. The zero-order valence-corrected chi connectivity index (χ0v) is 15.5. The summed E-state index contributed by atoms with van der Waals surface area (Å²) in [5.41, 5.74) is 4.33. The lowest BCUT2D eigenvalue weighted by atomic mass is 9.93. The minimum Gasteiger partial charge on any atom is -0.361 e. The number of aryl methyl sites for hydroxylation is 1. The molecule has 0 atom stereocenters. The van der Waals surface area contributed by atoms with E-state index >= 15 is 0 Å². The fourth-order valence-corrected chi connectivity index (χ4v) is 3.68. The fraction of sp³-hybridized carbons (Fsp3) is 0.381. The summed E-state index contributed by atoms with van der Waals surface area (Å²) in [6, 6.07) is 14.4. The predicted octanol–water partition coefficient (Wildman–Crippen LogP) is 3.25. The number of likely N-dealkylation sites (tertiary alicyclic amines) is 1. The Bertz CT molecular complexity index is 892. The van der Waals surface area contributed by atoms with Gasteiger partial charge in [0, 0.05) is 37.2 Å². The van der Waals surface area contributed by atoms with E-state index in [1.807, 2.05) is 24.0 Å². The van der Waals surface area contributed by atoms with Crippen LogP contribution in [0.2, 0.25) is 0 Å². The molecule has 0 spiro atoms. The quantitative estimate of drug-likeness (QED) is 0.754. The van der Waals surface area contributed by atoms with Crippen LogP contribution >= 0.6 is 0 Å². The molecule has 140 valence electrons. The van der Waals surface area contributed by atoms with Gasteiger partial charge in [0.2, 0.25) is 5.91 Å². The number of benzene rings is 1. The van der Waals surface area contributed by atoms with Crippen LogP contribution in [0.5, 0.6) is 0 Å². The van der Waals surface area contributed by atoms with E-state index in [-0.39, 0.29) is 12.3 Å². The van der Waals surface area contributed by atoms with Gasteiger partial charge in [0.05, 0.1) is 17.8 Å². The van der Waals surface area contributed by atoms with Crippen LogP contribution in [-0.4, -0.2) is 39.3 Å². The maximum absolute atomic E-state index is 12.4. The molecule has 0 bridgehead atoms. The van der Waals surface area contributed by atoms with Gasteiger partial charge in [0.15, 0.2) is 0 Å². The van der Waals surface area contributed by atoms with Gasteiger partial charge in [-0.25, -0.2) is 0 Å². The van der Waals surface area contributed by atoms with E-state index in [9.17, 15) is 4.79 Å². The van der Waals surface area contributed by atoms with Crippen molar-refractivity contribution in [3.63, 3.8) is 0 Å². The van der Waals surface area contributed by atoms with Crippen LogP contribution in [0.25, 0.3) is 0 Å². The molecule has 0 aliphatic carbocycles. The molecule has 6 heteroatoms. The number of carbonyl (C=O) groups is 1. The molecule has 1 fully saturated rings. The molecule has 3 heterocycles. The normalized spacial score (nSPS) is 15.2. The van der Waals surface area contributed by atoms with Crippen molar-refractivity contribution in [3.8, 4) is 0 Å². The molecular formula is C21H24N4O2. The number of rotatable bonds is 5. The second-order valence-corrected chi connectivity index (χ2v) is 7.25. The van der Waals surface area contributed by atoms with E-state index in [2.05, 4.69) is 45.7 Å². The molecule has 1 amide bonds. The van der Waals surface area contributed by atoms with Crippen molar-refractivity contribution >= 4 is 5.91 Å². The van der Waals surface area contributed by atoms with E-state index in [4.69, 9.17) is 4.52 Å². The Morgan fingerprint density at radius 3 is 2.70 bits per heavy atom. The highest BCUT2D eigenvalue weighted by Gasteiger charge is 2.26. The van der Waals surface area contributed by atoms with E-state index in [1.54, 1.807) is 0 Å². The first-order chi connectivity index (χ1) is 13.2. The summed E-state index contributed by atoms with van der Waals surface area (Å²) in [6.45, 7) is 3.38. The first kappa shape index (κ1) is 17.5. The van der Waals surface area contributed by atoms with E-state index in [1.165, 1.54) is 5.56 Å². The van der Waals surface area contributed by atoms with Gasteiger partial charge in [0.25, 0.3) is 0 Å². The Morgan fingerprint density at radius 1 is 1.22 bits per heavy atom. The second kappa shape index (κ2) is 7.78. The first-order valence-electron chi connectivity index (χ1n) is 9.45. The number of H-pyrrole nitrogens is 1. The number of hydrogen-bond acceptors (Lipinski definition) is 4. The predicted molar refractivity (Wildman–Crippen MR) is 101 cm³/mol. The summed E-state index contributed by atoms with van der Waals surface area (Å²) in [5.74, 6) is 1.15. The third-order valence-electron chi connectivity index (χ3n) is 5.16. The lowest BCUT2D eigenvalue weighted by Gasteiger charge is -2.31. The number of aromatic amines is 1. The highest BCUT2D eigenvalue weighted by molar-refractivity contribution is 5.78. The van der Waals surface area contributed by atoms with Crippen molar-refractivity contribution in [1.29, 1.82) is 0 Å². The molecule has 0 unspecified atom stereocenters. The van der Waals surface area contributed by atoms with E-state index in [0.717, 1.165) is 49.4 Å². The summed E-state index contributed by atoms with van der Waals surface area (Å²) in [5, 5.41) is 11.5. The van der Waals surface area contributed by atoms with Crippen LogP contribution in [0, 0.1) is 6.92 Å². The standard InChI is InChI=1S/C21H24N4O2/c1-15-11-19(27-24-15)14-21(26)25-9-7-17(8-10-25)20-13-18(22-23-20)12-16-5-3-2-4-6-16/h2-6,11,13,17H,7-10,12,14H2,1H3,(H,22,23). The lowest BCUT2D eigenvalue weighted by molar-refractivity contribution is -0.131. The molecule has 6 nitrogen and oxygen atoms in total. The maximum atomic E-state index is 12.4. The third kappa shape index (κ3) is 4.27. The minimum atomic E-state index is 0.108. The van der Waals surface area contributed by atoms with Crippen LogP contribution in [0.1, 0.15) is 47.2 Å². The smallest absolute Gasteiger partial charge is 0.230 e. The molecule has 3 aromatic rings. The number of hydrogen-bond donors (Lipinski definition) is 1. The van der Waals surface area contributed by atoms with E-state index < -0.39 is 0 Å². The summed E-state index contributed by atoms with van der Waals surface area (Å²) in [4.78, 5) is 14.4. The monoisotopic (exact) mass is 364 g/mol. The van der Waals surface area contributed by atoms with Gasteiger partial charge >= 0.3 is 0 Å². The van der Waals surface area contributed by atoms with Crippen LogP contribution in [0.4, 0.5) is 0 Å². The number of piperidine rings is 1. The molecule has 4 rings (SSSR count). The zero-order chi connectivity index (χ0) is 18.6. The van der Waals surface area contributed by atoms with Gasteiger partial charge in [-0.15, -0.1) is 0 Å². The number of nitrogens with one attached hydrogen (secondary N) is 1. The molecule has 2 aromatic heterocycles. The highest BCUT2D eigenvalue weighted by atomic mass is 16.5. The SMILES string of the molecule is Cc1cc(CC(=O)N2CCC(c3cc(Cc4ccccc4)[nH]n3)CC2)on1. The molecule has 1 aliphatic rings. The fourth-order valence-electron chi connectivity index (χ4n) is 3.68. The van der Waals surface area contributed by atoms with Gasteiger partial charge < -0.3 is 9.42 Å². The van der Waals surface area contributed by atoms with Gasteiger partial charge in [-0.3, -0.25) is 9.89 Å². The topological polar surface area (TPSA) is 75.0 Å². The number of amides is 1. The van der Waals surface area contributed by atoms with Crippen LogP contribution < -0.4 is 0 Å². The second-order valence-electron chi connectivity index (χ2n) is 7.25. The minimum absolute atomic E-state index is 0.108. The number of nitrogens with zero attached hydrogens (tertiary/aromatic N) is 3. The summed E-state index contributed by atoms with van der Waals surface area (Å²) < 4.78 is 5.16. The molecule has 1 N–H and O–H groups in total. The molecule has 1 aliphatic heterocycles. The molecule has 1 aromatic carbocycles. The number of aromatic nitrogens is 3. The molecular weight excluding hydrogens is 340 g/mol. The maximum Gasteiger partial charge on any atom is 0.230 e. The van der Waals surface area contributed by atoms with Crippen LogP contribution in [-0.2, 0) is 17.6 Å². The molecule has 27 heavy (non-hydrogen) atoms. The highest BCUT2D eigenvalue weighted by Crippen LogP contribution is 2.27. The lowest BCUT2D eigenvalue weighted by Crippen LogP contribution is -2.38. The van der Waals surface area contributed by atoms with Crippen molar-refractivity contribution < 1.29 is 9.32 Å². The van der Waals surface area contributed by atoms with Gasteiger partial charge in [-0.05, 0) is 31.4 Å². The van der Waals surface area contributed by atoms with Crippen molar-refractivity contribution in [1.82, 2.24) is 20.3 Å². The van der Waals surface area contributed by atoms with E-state index in [0.29, 0.717) is 11.7 Å². The molecule has 0 radical (unpaired) electrons. The Hall–Kier alpha value is -2.89. The molecule has 0 saturated carbocycles. The Kier molecular flexibility index (Phi) is 5.05. The largest absolute Gasteiger partial charge is 0.361 e. The van der Waals surface area contributed by atoms with Gasteiger partial charge in [-0.2, -0.15) is 5.10 Å². The average molecular weight is 364 g/mol. The first-order valence-corrected chi connectivity index (χ1v) is 9.45. The van der Waals surface area contributed by atoms with Crippen molar-refractivity contribution in [2.75, 3.05) is 13.1 Å². The van der Waals surface area contributed by atoms with Crippen molar-refractivity contribution in [3.05, 3.63) is 70.9 Å². The zero-order valence-electron chi connectivity index (χ0n) is 15.5. The summed E-state index contributed by atoms with van der Waals surface area (Å²) in [6.07, 6.45) is 3.03. The van der Waals surface area contributed by atoms with Crippen molar-refractivity contribution in [2.45, 2.75) is 38.5 Å².